The molecule has 0 spiro atoms. The van der Waals surface area contributed by atoms with Crippen molar-refractivity contribution in [2.24, 2.45) is 11.7 Å². The van der Waals surface area contributed by atoms with Crippen molar-refractivity contribution in [3.05, 3.63) is 12.2 Å². The SMILES string of the molecule is CC(CCS(C)=O)NC(=O)C1C=CC(N)C1. The summed E-state index contributed by atoms with van der Waals surface area (Å²) in [5.74, 6) is 0.560. The molecule has 0 aromatic rings. The molecule has 3 N–H and O–H groups in total. The number of rotatable bonds is 5. The van der Waals surface area contributed by atoms with Crippen LogP contribution in [0.25, 0.3) is 0 Å². The summed E-state index contributed by atoms with van der Waals surface area (Å²) in [5, 5.41) is 2.92. The van der Waals surface area contributed by atoms with Gasteiger partial charge in [-0.1, -0.05) is 12.2 Å². The maximum Gasteiger partial charge on any atom is 0.227 e. The minimum atomic E-state index is -0.794. The molecule has 4 unspecified atom stereocenters. The zero-order valence-corrected chi connectivity index (χ0v) is 10.6. The number of carbonyl (C=O) groups is 1. The Morgan fingerprint density at radius 1 is 1.62 bits per heavy atom. The first-order chi connectivity index (χ1) is 7.49. The quantitative estimate of drug-likeness (QED) is 0.677. The van der Waals surface area contributed by atoms with E-state index >= 15 is 0 Å². The lowest BCUT2D eigenvalue weighted by atomic mass is 10.1. The van der Waals surface area contributed by atoms with Gasteiger partial charge in [0.25, 0.3) is 0 Å². The number of hydrogen-bond acceptors (Lipinski definition) is 3. The van der Waals surface area contributed by atoms with E-state index in [1.165, 1.54) is 0 Å². The molecule has 0 aromatic heterocycles. The predicted molar refractivity (Wildman–Crippen MR) is 66.4 cm³/mol. The van der Waals surface area contributed by atoms with E-state index in [1.807, 2.05) is 19.1 Å². The fourth-order valence-electron chi connectivity index (χ4n) is 1.69. The molecule has 0 bridgehead atoms. The Hall–Kier alpha value is -0.680. The fraction of sp³-hybridized carbons (Fsp3) is 0.727. The molecule has 92 valence electrons. The number of hydrogen-bond donors (Lipinski definition) is 2. The first-order valence-electron chi connectivity index (χ1n) is 5.53. The van der Waals surface area contributed by atoms with Crippen LogP contribution in [0.4, 0.5) is 0 Å². The molecule has 1 aliphatic carbocycles. The summed E-state index contributed by atoms with van der Waals surface area (Å²) in [6.07, 6.45) is 6.85. The van der Waals surface area contributed by atoms with Gasteiger partial charge in [-0.15, -0.1) is 0 Å². The van der Waals surface area contributed by atoms with Crippen LogP contribution in [0.3, 0.4) is 0 Å². The highest BCUT2D eigenvalue weighted by Crippen LogP contribution is 2.16. The van der Waals surface area contributed by atoms with Gasteiger partial charge in [0.05, 0.1) is 5.92 Å². The molecule has 1 rings (SSSR count). The summed E-state index contributed by atoms with van der Waals surface area (Å²) < 4.78 is 10.9. The summed E-state index contributed by atoms with van der Waals surface area (Å²) in [4.78, 5) is 11.8. The molecule has 0 saturated carbocycles. The number of amides is 1. The first kappa shape index (κ1) is 13.4. The fourth-order valence-corrected chi connectivity index (χ4v) is 2.37. The van der Waals surface area contributed by atoms with E-state index < -0.39 is 10.8 Å². The lowest BCUT2D eigenvalue weighted by molar-refractivity contribution is -0.124. The highest BCUT2D eigenvalue weighted by atomic mass is 32.2. The van der Waals surface area contributed by atoms with Crippen LogP contribution in [0.5, 0.6) is 0 Å². The van der Waals surface area contributed by atoms with Crippen molar-refractivity contribution >= 4 is 16.7 Å². The third kappa shape index (κ3) is 4.45. The second kappa shape index (κ2) is 6.15. The second-order valence-corrected chi connectivity index (χ2v) is 5.92. The molecule has 0 aliphatic heterocycles. The molecule has 4 nitrogen and oxygen atoms in total. The van der Waals surface area contributed by atoms with Crippen LogP contribution in [0, 0.1) is 5.92 Å². The monoisotopic (exact) mass is 244 g/mol. The predicted octanol–water partition coefficient (Wildman–Crippen LogP) is 0.163. The van der Waals surface area contributed by atoms with Gasteiger partial charge in [-0.2, -0.15) is 0 Å². The van der Waals surface area contributed by atoms with Crippen molar-refractivity contribution in [3.63, 3.8) is 0 Å². The van der Waals surface area contributed by atoms with Gasteiger partial charge in [0, 0.05) is 34.9 Å². The highest BCUT2D eigenvalue weighted by Gasteiger charge is 2.23. The largest absolute Gasteiger partial charge is 0.353 e. The average molecular weight is 244 g/mol. The van der Waals surface area contributed by atoms with Crippen LogP contribution in [0.15, 0.2) is 12.2 Å². The van der Waals surface area contributed by atoms with Crippen molar-refractivity contribution in [2.75, 3.05) is 12.0 Å². The molecular formula is C11H20N2O2S. The molecule has 0 aromatic carbocycles. The zero-order chi connectivity index (χ0) is 12.1. The summed E-state index contributed by atoms with van der Waals surface area (Å²) >= 11 is 0. The topological polar surface area (TPSA) is 72.2 Å². The first-order valence-corrected chi connectivity index (χ1v) is 7.26. The summed E-state index contributed by atoms with van der Waals surface area (Å²) in [5.41, 5.74) is 5.69. The third-order valence-electron chi connectivity index (χ3n) is 2.68. The van der Waals surface area contributed by atoms with Crippen molar-refractivity contribution in [3.8, 4) is 0 Å². The van der Waals surface area contributed by atoms with Gasteiger partial charge in [0.2, 0.25) is 5.91 Å². The summed E-state index contributed by atoms with van der Waals surface area (Å²) in [7, 11) is -0.794. The Bertz CT molecular complexity index is 304. The van der Waals surface area contributed by atoms with E-state index in [1.54, 1.807) is 6.26 Å². The Kier molecular flexibility index (Phi) is 5.15. The molecule has 1 aliphatic rings. The Balaban J connectivity index is 2.28. The Labute approximate surface area is 99.1 Å². The van der Waals surface area contributed by atoms with Crippen LogP contribution in [0.2, 0.25) is 0 Å². The van der Waals surface area contributed by atoms with E-state index in [0.717, 1.165) is 6.42 Å². The molecule has 0 fully saturated rings. The summed E-state index contributed by atoms with van der Waals surface area (Å²) in [6, 6.07) is 0.0795. The molecular weight excluding hydrogens is 224 g/mol. The Morgan fingerprint density at radius 2 is 2.31 bits per heavy atom. The lowest BCUT2D eigenvalue weighted by Gasteiger charge is -2.16. The van der Waals surface area contributed by atoms with Crippen molar-refractivity contribution < 1.29 is 9.00 Å². The van der Waals surface area contributed by atoms with Crippen molar-refractivity contribution in [2.45, 2.75) is 31.8 Å². The minimum absolute atomic E-state index is 0.00852. The van der Waals surface area contributed by atoms with Gasteiger partial charge in [-0.05, 0) is 19.8 Å². The normalized spacial score (nSPS) is 27.7. The third-order valence-corrected chi connectivity index (χ3v) is 3.49. The van der Waals surface area contributed by atoms with Crippen LogP contribution in [-0.4, -0.2) is 34.2 Å². The molecule has 0 saturated heterocycles. The summed E-state index contributed by atoms with van der Waals surface area (Å²) in [6.45, 7) is 1.93. The highest BCUT2D eigenvalue weighted by molar-refractivity contribution is 7.84. The molecule has 16 heavy (non-hydrogen) atoms. The second-order valence-electron chi connectivity index (χ2n) is 4.37. The molecule has 0 heterocycles. The smallest absolute Gasteiger partial charge is 0.227 e. The van der Waals surface area contributed by atoms with Crippen molar-refractivity contribution in [1.82, 2.24) is 5.32 Å². The van der Waals surface area contributed by atoms with Crippen LogP contribution in [-0.2, 0) is 15.6 Å². The number of nitrogens with one attached hydrogen (secondary N) is 1. The Morgan fingerprint density at radius 3 is 2.81 bits per heavy atom. The maximum atomic E-state index is 11.8. The molecule has 1 amide bonds. The van der Waals surface area contributed by atoms with Gasteiger partial charge < -0.3 is 11.1 Å². The maximum absolute atomic E-state index is 11.8. The van der Waals surface area contributed by atoms with Gasteiger partial charge in [0.15, 0.2) is 0 Å². The number of nitrogens with two attached hydrogens (primary N) is 1. The van der Waals surface area contributed by atoms with Gasteiger partial charge in [-0.3, -0.25) is 9.00 Å². The van der Waals surface area contributed by atoms with E-state index in [9.17, 15) is 9.00 Å². The van der Waals surface area contributed by atoms with Crippen LogP contribution >= 0.6 is 0 Å². The molecule has 4 atom stereocenters. The van der Waals surface area contributed by atoms with Gasteiger partial charge in [-0.25, -0.2) is 0 Å². The van der Waals surface area contributed by atoms with Crippen LogP contribution in [0.1, 0.15) is 19.8 Å². The van der Waals surface area contributed by atoms with E-state index in [4.69, 9.17) is 5.73 Å². The van der Waals surface area contributed by atoms with E-state index in [0.29, 0.717) is 12.2 Å². The zero-order valence-electron chi connectivity index (χ0n) is 9.81. The molecule has 0 radical (unpaired) electrons. The van der Waals surface area contributed by atoms with Gasteiger partial charge >= 0.3 is 0 Å². The van der Waals surface area contributed by atoms with E-state index in [-0.39, 0.29) is 23.9 Å². The minimum Gasteiger partial charge on any atom is -0.353 e. The van der Waals surface area contributed by atoms with Gasteiger partial charge in [0.1, 0.15) is 0 Å². The lowest BCUT2D eigenvalue weighted by Crippen LogP contribution is -2.37. The van der Waals surface area contributed by atoms with Crippen LogP contribution < -0.4 is 11.1 Å². The molecule has 5 heteroatoms. The standard InChI is InChI=1S/C11H20N2O2S/c1-8(5-6-16(2)15)13-11(14)9-3-4-10(12)7-9/h3-4,8-10H,5-7,12H2,1-2H3,(H,13,14). The van der Waals surface area contributed by atoms with Crippen molar-refractivity contribution in [1.29, 1.82) is 0 Å². The van der Waals surface area contributed by atoms with E-state index in [2.05, 4.69) is 5.32 Å². The average Bonchev–Trinajstić information content (AvgIpc) is 2.62. The number of carbonyl (C=O) groups excluding carboxylic acids is 1.